The molecule has 0 aliphatic carbocycles. The van der Waals surface area contributed by atoms with Crippen LogP contribution in [0.2, 0.25) is 5.04 Å². The van der Waals surface area contributed by atoms with Crippen molar-refractivity contribution in [3.63, 3.8) is 0 Å². The quantitative estimate of drug-likeness (QED) is 0.0944. The lowest BCUT2D eigenvalue weighted by molar-refractivity contribution is -0.293. The molecule has 7 heteroatoms. The van der Waals surface area contributed by atoms with Crippen LogP contribution in [0.1, 0.15) is 87.0 Å². The Morgan fingerprint density at radius 1 is 0.889 bits per heavy atom. The first-order valence-electron chi connectivity index (χ1n) is 16.5. The summed E-state index contributed by atoms with van der Waals surface area (Å²) in [6, 6.07) is 21.4. The number of ketones is 1. The SMILES string of the molecule is C=CCC[C@H]1C[C@@H](C(=O)C(=C)C[C@@H]2OC(C)(C)O[C@H]2CCCO[Si](c2ccccc2)(c2ccccc2)C(C)(C)C)OC(C)(C)O1. The lowest BCUT2D eigenvalue weighted by Gasteiger charge is -2.43. The zero-order chi connectivity index (χ0) is 32.9. The van der Waals surface area contributed by atoms with Crippen LogP contribution in [0.5, 0.6) is 0 Å². The molecule has 2 aliphatic rings. The fourth-order valence-electron chi connectivity index (χ4n) is 6.92. The zero-order valence-corrected chi connectivity index (χ0v) is 29.5. The van der Waals surface area contributed by atoms with Crippen LogP contribution in [0.3, 0.4) is 0 Å². The number of ether oxygens (including phenoxy) is 4. The number of hydrogen-bond donors (Lipinski definition) is 0. The number of Topliss-reactive ketones (excluding diaryl/α,β-unsaturated/α-hetero) is 1. The molecular weight excluding hydrogens is 580 g/mol. The number of carbonyl (C=O) groups excluding carboxylic acids is 1. The summed E-state index contributed by atoms with van der Waals surface area (Å²) < 4.78 is 31.9. The van der Waals surface area contributed by atoms with E-state index in [-0.39, 0.29) is 29.1 Å². The summed E-state index contributed by atoms with van der Waals surface area (Å²) in [6.07, 6.45) is 4.82. The van der Waals surface area contributed by atoms with Crippen LogP contribution in [0.4, 0.5) is 0 Å². The fraction of sp³-hybridized carbons (Fsp3) is 0.553. The third-order valence-electron chi connectivity index (χ3n) is 8.79. The van der Waals surface area contributed by atoms with Gasteiger partial charge in [-0.2, -0.15) is 0 Å². The van der Waals surface area contributed by atoms with Gasteiger partial charge >= 0.3 is 0 Å². The number of carbonyl (C=O) groups is 1. The van der Waals surface area contributed by atoms with E-state index in [1.54, 1.807) is 0 Å². The summed E-state index contributed by atoms with van der Waals surface area (Å²) in [7, 11) is -2.62. The monoisotopic (exact) mass is 634 g/mol. The van der Waals surface area contributed by atoms with E-state index in [9.17, 15) is 4.79 Å². The van der Waals surface area contributed by atoms with Gasteiger partial charge in [-0.05, 0) is 74.4 Å². The van der Waals surface area contributed by atoms with Gasteiger partial charge in [-0.15, -0.1) is 6.58 Å². The Labute approximate surface area is 272 Å². The van der Waals surface area contributed by atoms with Gasteiger partial charge in [0.25, 0.3) is 8.32 Å². The molecule has 0 radical (unpaired) electrons. The third-order valence-corrected chi connectivity index (χ3v) is 13.8. The van der Waals surface area contributed by atoms with Crippen LogP contribution < -0.4 is 10.4 Å². The third kappa shape index (κ3) is 8.70. The Balaban J connectivity index is 1.43. The largest absolute Gasteiger partial charge is 0.407 e. The highest BCUT2D eigenvalue weighted by atomic mass is 28.4. The van der Waals surface area contributed by atoms with Crippen LogP contribution >= 0.6 is 0 Å². The highest BCUT2D eigenvalue weighted by Crippen LogP contribution is 2.38. The molecule has 0 amide bonds. The van der Waals surface area contributed by atoms with Crippen molar-refractivity contribution >= 4 is 24.5 Å². The van der Waals surface area contributed by atoms with E-state index >= 15 is 0 Å². The Kier molecular flexibility index (Phi) is 11.5. The standard InChI is InChI=1S/C38H54O6Si/c1-10-11-19-29-27-34(44-37(6,7)41-29)35(39)28(2)26-33-32(42-38(8,9)43-33)24-18-25-40-45(36(3,4)5,30-20-14-12-15-21-30)31-22-16-13-17-23-31/h10,12-17,20-23,29,32-34H,1-2,11,18-19,24-27H2,3-9H3/t29-,32-,33-,34-/m0/s1. The summed E-state index contributed by atoms with van der Waals surface area (Å²) in [6.45, 7) is 23.1. The molecule has 0 N–H and O–H groups in total. The molecule has 2 saturated heterocycles. The van der Waals surface area contributed by atoms with Crippen LogP contribution in [0.25, 0.3) is 0 Å². The molecule has 6 nitrogen and oxygen atoms in total. The van der Waals surface area contributed by atoms with E-state index in [2.05, 4.69) is 94.6 Å². The first-order valence-corrected chi connectivity index (χ1v) is 18.4. The molecule has 2 fully saturated rings. The molecule has 0 saturated carbocycles. The summed E-state index contributed by atoms with van der Waals surface area (Å²) in [5.74, 6) is -1.67. The minimum absolute atomic E-state index is 0.0678. The molecule has 45 heavy (non-hydrogen) atoms. The van der Waals surface area contributed by atoms with Crippen LogP contribution in [0, 0.1) is 0 Å². The Morgan fingerprint density at radius 2 is 1.44 bits per heavy atom. The van der Waals surface area contributed by atoms with Crippen molar-refractivity contribution in [1.29, 1.82) is 0 Å². The van der Waals surface area contributed by atoms with E-state index in [0.29, 0.717) is 25.0 Å². The van der Waals surface area contributed by atoms with Crippen molar-refractivity contribution in [1.82, 2.24) is 0 Å². The van der Waals surface area contributed by atoms with Gasteiger partial charge in [-0.1, -0.05) is 94.1 Å². The van der Waals surface area contributed by atoms with Gasteiger partial charge in [-0.25, -0.2) is 0 Å². The highest BCUT2D eigenvalue weighted by molar-refractivity contribution is 6.99. The molecule has 4 atom stereocenters. The number of benzene rings is 2. The van der Waals surface area contributed by atoms with Crippen molar-refractivity contribution in [3.8, 4) is 0 Å². The minimum Gasteiger partial charge on any atom is -0.407 e. The van der Waals surface area contributed by atoms with Gasteiger partial charge in [0.2, 0.25) is 0 Å². The summed E-state index contributed by atoms with van der Waals surface area (Å²) in [4.78, 5) is 13.6. The minimum atomic E-state index is -2.62. The molecule has 2 heterocycles. The zero-order valence-electron chi connectivity index (χ0n) is 28.5. The smallest absolute Gasteiger partial charge is 0.261 e. The molecule has 0 aromatic heterocycles. The van der Waals surface area contributed by atoms with Crippen molar-refractivity contribution in [3.05, 3.63) is 85.5 Å². The van der Waals surface area contributed by atoms with Crippen LogP contribution in [0.15, 0.2) is 85.5 Å². The average Bonchev–Trinajstić information content (AvgIpc) is 3.27. The fourth-order valence-corrected chi connectivity index (χ4v) is 11.5. The van der Waals surface area contributed by atoms with Gasteiger partial charge < -0.3 is 23.4 Å². The topological polar surface area (TPSA) is 63.2 Å². The van der Waals surface area contributed by atoms with Crippen LogP contribution in [-0.4, -0.2) is 56.7 Å². The lowest BCUT2D eigenvalue weighted by atomic mass is 9.93. The second-order valence-electron chi connectivity index (χ2n) is 14.4. The Hall–Kier alpha value is -2.39. The van der Waals surface area contributed by atoms with Crippen molar-refractivity contribution in [2.24, 2.45) is 0 Å². The maximum atomic E-state index is 13.6. The molecule has 0 bridgehead atoms. The molecular formula is C38H54O6Si. The Morgan fingerprint density at radius 3 is 2.00 bits per heavy atom. The van der Waals surface area contributed by atoms with E-state index in [1.165, 1.54) is 10.4 Å². The van der Waals surface area contributed by atoms with Crippen molar-refractivity contribution < 1.29 is 28.2 Å². The summed E-state index contributed by atoms with van der Waals surface area (Å²) >= 11 is 0. The first-order chi connectivity index (χ1) is 21.2. The predicted molar refractivity (Wildman–Crippen MR) is 183 cm³/mol. The normalized spacial score (nSPS) is 24.7. The van der Waals surface area contributed by atoms with Gasteiger partial charge in [0.15, 0.2) is 17.4 Å². The second-order valence-corrected chi connectivity index (χ2v) is 18.7. The molecule has 4 rings (SSSR count). The number of hydrogen-bond acceptors (Lipinski definition) is 6. The van der Waals surface area contributed by atoms with E-state index in [1.807, 2.05) is 33.8 Å². The first kappa shape index (κ1) is 35.5. The average molecular weight is 635 g/mol. The second kappa shape index (κ2) is 14.6. The summed E-state index contributed by atoms with van der Waals surface area (Å²) in [5.41, 5.74) is 0.500. The van der Waals surface area contributed by atoms with E-state index < -0.39 is 26.0 Å². The maximum absolute atomic E-state index is 13.6. The molecule has 2 aromatic carbocycles. The lowest BCUT2D eigenvalue weighted by Crippen LogP contribution is -2.66. The number of rotatable bonds is 14. The molecule has 0 spiro atoms. The van der Waals surface area contributed by atoms with Crippen LogP contribution in [-0.2, 0) is 28.2 Å². The molecule has 2 aliphatic heterocycles. The van der Waals surface area contributed by atoms with Gasteiger partial charge in [0.1, 0.15) is 6.10 Å². The van der Waals surface area contributed by atoms with E-state index in [4.69, 9.17) is 23.4 Å². The highest BCUT2D eigenvalue weighted by Gasteiger charge is 2.50. The Bertz CT molecular complexity index is 1240. The van der Waals surface area contributed by atoms with Gasteiger partial charge in [-0.3, -0.25) is 4.79 Å². The van der Waals surface area contributed by atoms with Crippen molar-refractivity contribution in [2.45, 2.75) is 128 Å². The van der Waals surface area contributed by atoms with Gasteiger partial charge in [0, 0.05) is 19.4 Å². The molecule has 0 unspecified atom stereocenters. The van der Waals surface area contributed by atoms with Gasteiger partial charge in [0.05, 0.1) is 18.3 Å². The van der Waals surface area contributed by atoms with E-state index in [0.717, 1.165) is 25.7 Å². The predicted octanol–water partition coefficient (Wildman–Crippen LogP) is 7.26. The number of allylic oxidation sites excluding steroid dienone is 1. The molecule has 246 valence electrons. The summed E-state index contributed by atoms with van der Waals surface area (Å²) in [5, 5.41) is 2.45. The van der Waals surface area contributed by atoms with Crippen molar-refractivity contribution in [2.75, 3.05) is 6.61 Å². The molecule has 2 aromatic rings. The maximum Gasteiger partial charge on any atom is 0.261 e.